The van der Waals surface area contributed by atoms with Crippen LogP contribution in [-0.4, -0.2) is 54.4 Å². The van der Waals surface area contributed by atoms with Crippen molar-refractivity contribution in [1.29, 1.82) is 0 Å². The van der Waals surface area contributed by atoms with Gasteiger partial charge >= 0.3 is 12.0 Å². The monoisotopic (exact) mass is 298 g/mol. The molecule has 0 aromatic heterocycles. The quantitative estimate of drug-likeness (QED) is 0.825. The molecule has 0 spiro atoms. The number of hydrogen-bond acceptors (Lipinski definition) is 3. The lowest BCUT2D eigenvalue weighted by Crippen LogP contribution is -2.47. The molecular formula is C15H26N2O4. The second-order valence-electron chi connectivity index (χ2n) is 6.65. The number of carboxylic acid groups (broad SMARTS) is 1. The Hall–Kier alpha value is -1.30. The normalized spacial score (nSPS) is 30.7. The summed E-state index contributed by atoms with van der Waals surface area (Å²) in [6.45, 7) is 8.04. The number of nitrogens with one attached hydrogen (secondary N) is 1. The molecule has 0 aromatic rings. The van der Waals surface area contributed by atoms with Gasteiger partial charge in [-0.15, -0.1) is 0 Å². The molecule has 2 saturated heterocycles. The summed E-state index contributed by atoms with van der Waals surface area (Å²) in [4.78, 5) is 25.6. The van der Waals surface area contributed by atoms with Gasteiger partial charge in [0.1, 0.15) is 0 Å². The van der Waals surface area contributed by atoms with E-state index in [1.165, 1.54) is 0 Å². The fourth-order valence-electron chi connectivity index (χ4n) is 3.25. The number of aliphatic carboxylic acids is 1. The zero-order valence-electron chi connectivity index (χ0n) is 13.1. The average molecular weight is 298 g/mol. The van der Waals surface area contributed by atoms with Gasteiger partial charge in [0.2, 0.25) is 0 Å². The summed E-state index contributed by atoms with van der Waals surface area (Å²) in [5.41, 5.74) is -0.808. The van der Waals surface area contributed by atoms with Crippen LogP contribution in [0.5, 0.6) is 0 Å². The Morgan fingerprint density at radius 3 is 2.57 bits per heavy atom. The molecule has 2 heterocycles. The van der Waals surface area contributed by atoms with Gasteiger partial charge in [-0.25, -0.2) is 4.79 Å². The number of hydrogen-bond donors (Lipinski definition) is 2. The van der Waals surface area contributed by atoms with E-state index in [-0.39, 0.29) is 18.0 Å². The first kappa shape index (κ1) is 16.1. The fraction of sp³-hybridized carbons (Fsp3) is 0.867. The third-order valence-electron chi connectivity index (χ3n) is 5.14. The molecule has 2 N–H and O–H groups in total. The minimum absolute atomic E-state index is 0.00783. The highest BCUT2D eigenvalue weighted by molar-refractivity contribution is 5.80. The van der Waals surface area contributed by atoms with E-state index in [1.54, 1.807) is 4.90 Å². The largest absolute Gasteiger partial charge is 0.481 e. The van der Waals surface area contributed by atoms with Crippen LogP contribution < -0.4 is 5.32 Å². The van der Waals surface area contributed by atoms with Gasteiger partial charge in [0.15, 0.2) is 0 Å². The first-order chi connectivity index (χ1) is 9.86. The third-order valence-corrected chi connectivity index (χ3v) is 5.14. The van der Waals surface area contributed by atoms with Crippen LogP contribution in [0.25, 0.3) is 0 Å². The Morgan fingerprint density at radius 2 is 2.10 bits per heavy atom. The van der Waals surface area contributed by atoms with Gasteiger partial charge in [-0.2, -0.15) is 0 Å². The number of likely N-dealkylation sites (tertiary alicyclic amines) is 1. The van der Waals surface area contributed by atoms with Crippen LogP contribution in [0.3, 0.4) is 0 Å². The Balaban J connectivity index is 1.93. The van der Waals surface area contributed by atoms with Crippen molar-refractivity contribution >= 4 is 12.0 Å². The van der Waals surface area contributed by atoms with Crippen LogP contribution in [-0.2, 0) is 9.53 Å². The fourth-order valence-corrected chi connectivity index (χ4v) is 3.25. The van der Waals surface area contributed by atoms with Gasteiger partial charge < -0.3 is 20.1 Å². The highest BCUT2D eigenvalue weighted by Gasteiger charge is 2.48. The minimum atomic E-state index is -0.808. The van der Waals surface area contributed by atoms with E-state index >= 15 is 0 Å². The zero-order chi connectivity index (χ0) is 15.6. The van der Waals surface area contributed by atoms with Crippen LogP contribution in [0.2, 0.25) is 0 Å². The third kappa shape index (κ3) is 3.15. The summed E-state index contributed by atoms with van der Waals surface area (Å²) in [7, 11) is 0. The summed E-state index contributed by atoms with van der Waals surface area (Å²) in [5, 5.41) is 12.5. The lowest BCUT2D eigenvalue weighted by atomic mass is 9.76. The lowest BCUT2D eigenvalue weighted by Gasteiger charge is -2.29. The molecule has 0 aliphatic carbocycles. The topological polar surface area (TPSA) is 78.9 Å². The Morgan fingerprint density at radius 1 is 1.38 bits per heavy atom. The molecule has 2 aliphatic rings. The lowest BCUT2D eigenvalue weighted by molar-refractivity contribution is -0.150. The van der Waals surface area contributed by atoms with Crippen molar-refractivity contribution in [3.05, 3.63) is 0 Å². The highest BCUT2D eigenvalue weighted by atomic mass is 16.5. The maximum absolute atomic E-state index is 12.3. The van der Waals surface area contributed by atoms with Crippen LogP contribution in [0.4, 0.5) is 4.79 Å². The van der Waals surface area contributed by atoms with Crippen molar-refractivity contribution in [1.82, 2.24) is 10.2 Å². The van der Waals surface area contributed by atoms with E-state index < -0.39 is 11.4 Å². The van der Waals surface area contributed by atoms with Crippen molar-refractivity contribution in [2.75, 3.05) is 26.3 Å². The number of nitrogens with zero attached hydrogens (tertiary/aromatic N) is 1. The molecule has 2 fully saturated rings. The maximum Gasteiger partial charge on any atom is 0.317 e. The van der Waals surface area contributed by atoms with Crippen molar-refractivity contribution in [2.24, 2.45) is 17.3 Å². The molecular weight excluding hydrogens is 272 g/mol. The van der Waals surface area contributed by atoms with E-state index in [9.17, 15) is 14.7 Å². The maximum atomic E-state index is 12.3. The molecule has 0 radical (unpaired) electrons. The van der Waals surface area contributed by atoms with E-state index in [4.69, 9.17) is 4.74 Å². The number of carbonyl (C=O) groups is 2. The van der Waals surface area contributed by atoms with Crippen molar-refractivity contribution in [3.63, 3.8) is 0 Å². The van der Waals surface area contributed by atoms with Gasteiger partial charge in [0.25, 0.3) is 0 Å². The van der Waals surface area contributed by atoms with Crippen molar-refractivity contribution < 1.29 is 19.4 Å². The standard InChI is InChI=1S/C15H26N2O4/c1-10(2)15(13(18)19)5-6-17(9-15)14(20)16-11(3)12-4-7-21-8-12/h10-12H,4-9H2,1-3H3,(H,16,20)(H,18,19). The molecule has 2 amide bonds. The Kier molecular flexibility index (Phi) is 4.76. The molecule has 21 heavy (non-hydrogen) atoms. The van der Waals surface area contributed by atoms with Gasteiger partial charge in [-0.05, 0) is 25.7 Å². The summed E-state index contributed by atoms with van der Waals surface area (Å²) >= 11 is 0. The number of amides is 2. The Labute approximate surface area is 125 Å². The van der Waals surface area contributed by atoms with Gasteiger partial charge in [-0.1, -0.05) is 13.8 Å². The molecule has 0 aromatic carbocycles. The van der Waals surface area contributed by atoms with Crippen LogP contribution in [0, 0.1) is 17.3 Å². The van der Waals surface area contributed by atoms with Crippen LogP contribution in [0.15, 0.2) is 0 Å². The summed E-state index contributed by atoms with van der Waals surface area (Å²) < 4.78 is 5.34. The zero-order valence-corrected chi connectivity index (χ0v) is 13.1. The second-order valence-corrected chi connectivity index (χ2v) is 6.65. The molecule has 3 atom stereocenters. The number of carbonyl (C=O) groups excluding carboxylic acids is 1. The van der Waals surface area contributed by atoms with E-state index in [2.05, 4.69) is 5.32 Å². The summed E-state index contributed by atoms with van der Waals surface area (Å²) in [6.07, 6.45) is 1.49. The van der Waals surface area contributed by atoms with E-state index in [0.29, 0.717) is 32.0 Å². The van der Waals surface area contributed by atoms with Crippen LogP contribution >= 0.6 is 0 Å². The molecule has 6 heteroatoms. The van der Waals surface area contributed by atoms with E-state index in [1.807, 2.05) is 20.8 Å². The first-order valence-electron chi connectivity index (χ1n) is 7.73. The molecule has 2 rings (SSSR count). The molecule has 2 aliphatic heterocycles. The van der Waals surface area contributed by atoms with Gasteiger partial charge in [-0.3, -0.25) is 4.79 Å². The smallest absolute Gasteiger partial charge is 0.317 e. The second kappa shape index (κ2) is 6.22. The molecule has 3 unspecified atom stereocenters. The number of rotatable bonds is 4. The molecule has 6 nitrogen and oxygen atoms in total. The minimum Gasteiger partial charge on any atom is -0.481 e. The highest BCUT2D eigenvalue weighted by Crippen LogP contribution is 2.38. The van der Waals surface area contributed by atoms with Gasteiger partial charge in [0, 0.05) is 31.7 Å². The number of carboxylic acids is 1. The molecule has 0 bridgehead atoms. The average Bonchev–Trinajstić information content (AvgIpc) is 3.09. The first-order valence-corrected chi connectivity index (χ1v) is 7.73. The van der Waals surface area contributed by atoms with E-state index in [0.717, 1.165) is 13.0 Å². The predicted octanol–water partition coefficient (Wildman–Crippen LogP) is 1.55. The molecule has 0 saturated carbocycles. The van der Waals surface area contributed by atoms with Crippen molar-refractivity contribution in [3.8, 4) is 0 Å². The number of ether oxygens (including phenoxy) is 1. The number of urea groups is 1. The van der Waals surface area contributed by atoms with Crippen molar-refractivity contribution in [2.45, 2.75) is 39.7 Å². The summed E-state index contributed by atoms with van der Waals surface area (Å²) in [6, 6.07) is -0.1000. The van der Waals surface area contributed by atoms with Gasteiger partial charge in [0.05, 0.1) is 12.0 Å². The molecule has 120 valence electrons. The predicted molar refractivity (Wildman–Crippen MR) is 78.0 cm³/mol. The Bertz CT molecular complexity index is 406. The SMILES string of the molecule is CC(NC(=O)N1CCC(C(=O)O)(C(C)C)C1)C1CCOC1. The summed E-state index contributed by atoms with van der Waals surface area (Å²) in [5.74, 6) is -0.440. The van der Waals surface area contributed by atoms with Crippen LogP contribution in [0.1, 0.15) is 33.6 Å².